The first-order valence-electron chi connectivity index (χ1n) is 5.52. The molecule has 2 nitrogen and oxygen atoms in total. The van der Waals surface area contributed by atoms with Gasteiger partial charge in [-0.15, -0.1) is 5.54 Å². The Morgan fingerprint density at radius 2 is 2.00 bits per heavy atom. The van der Waals surface area contributed by atoms with Crippen LogP contribution in [0.2, 0.25) is 18.1 Å². The molecule has 3 heteroatoms. The quantitative estimate of drug-likeness (QED) is 0.319. The predicted molar refractivity (Wildman–Crippen MR) is 65.5 cm³/mol. The van der Waals surface area contributed by atoms with E-state index >= 15 is 0 Å². The van der Waals surface area contributed by atoms with Crippen molar-refractivity contribution in [3.8, 4) is 11.5 Å². The van der Waals surface area contributed by atoms with Gasteiger partial charge < -0.3 is 9.47 Å². The summed E-state index contributed by atoms with van der Waals surface area (Å²) in [5.74, 6) is 3.15. The SMILES string of the molecule is CC(C)(C)[Si](C)(C)C#CCOC[C@@H]1CO1. The summed E-state index contributed by atoms with van der Waals surface area (Å²) >= 11 is 0. The van der Waals surface area contributed by atoms with E-state index in [4.69, 9.17) is 9.47 Å². The van der Waals surface area contributed by atoms with Gasteiger partial charge in [0.05, 0.1) is 13.2 Å². The third kappa shape index (κ3) is 4.37. The van der Waals surface area contributed by atoms with E-state index in [-0.39, 0.29) is 0 Å². The molecule has 0 amide bonds. The zero-order chi connectivity index (χ0) is 11.5. The molecule has 0 unspecified atom stereocenters. The normalized spacial score (nSPS) is 20.7. The third-order valence-corrected chi connectivity index (χ3v) is 7.71. The van der Waals surface area contributed by atoms with Gasteiger partial charge in [-0.25, -0.2) is 0 Å². The van der Waals surface area contributed by atoms with Gasteiger partial charge in [-0.1, -0.05) is 39.8 Å². The lowest BCUT2D eigenvalue weighted by Crippen LogP contribution is -2.35. The molecular formula is C12H22O2Si. The molecule has 0 aromatic carbocycles. The number of epoxide rings is 1. The largest absolute Gasteiger partial charge is 0.371 e. The second-order valence-corrected chi connectivity index (χ2v) is 10.6. The van der Waals surface area contributed by atoms with E-state index in [1.807, 2.05) is 0 Å². The highest BCUT2D eigenvalue weighted by molar-refractivity contribution is 6.87. The Balaban J connectivity index is 2.28. The summed E-state index contributed by atoms with van der Waals surface area (Å²) < 4.78 is 10.4. The molecule has 0 aromatic heterocycles. The number of hydrogen-bond acceptors (Lipinski definition) is 2. The molecule has 0 saturated carbocycles. The Bertz CT molecular complexity index is 264. The summed E-state index contributed by atoms with van der Waals surface area (Å²) in [5, 5.41) is 0.333. The third-order valence-electron chi connectivity index (χ3n) is 3.16. The lowest BCUT2D eigenvalue weighted by Gasteiger charge is -2.31. The van der Waals surface area contributed by atoms with Crippen LogP contribution in [-0.2, 0) is 9.47 Å². The Hall–Kier alpha value is -0.303. The molecule has 0 aliphatic carbocycles. The number of hydrogen-bond donors (Lipinski definition) is 0. The Labute approximate surface area is 94.4 Å². The summed E-state index contributed by atoms with van der Waals surface area (Å²) in [6.07, 6.45) is 0.347. The lowest BCUT2D eigenvalue weighted by molar-refractivity contribution is 0.145. The van der Waals surface area contributed by atoms with Crippen molar-refractivity contribution in [3.63, 3.8) is 0 Å². The van der Waals surface area contributed by atoms with Gasteiger partial charge in [-0.05, 0) is 5.04 Å². The van der Waals surface area contributed by atoms with Crippen LogP contribution < -0.4 is 0 Å². The summed E-state index contributed by atoms with van der Waals surface area (Å²) in [7, 11) is -1.44. The first kappa shape index (κ1) is 12.8. The lowest BCUT2D eigenvalue weighted by atomic mass is 10.2. The van der Waals surface area contributed by atoms with Crippen LogP contribution in [0.3, 0.4) is 0 Å². The van der Waals surface area contributed by atoms with Crippen molar-refractivity contribution >= 4 is 8.07 Å². The van der Waals surface area contributed by atoms with Gasteiger partial charge in [0.1, 0.15) is 20.8 Å². The Kier molecular flexibility index (Phi) is 3.99. The van der Waals surface area contributed by atoms with Crippen LogP contribution >= 0.6 is 0 Å². The summed E-state index contributed by atoms with van der Waals surface area (Å²) in [6.45, 7) is 13.5. The molecular weight excluding hydrogens is 204 g/mol. The zero-order valence-electron chi connectivity index (χ0n) is 10.5. The van der Waals surface area contributed by atoms with Crippen LogP contribution in [0.25, 0.3) is 0 Å². The topological polar surface area (TPSA) is 21.8 Å². The highest BCUT2D eigenvalue weighted by Gasteiger charge is 2.33. The summed E-state index contributed by atoms with van der Waals surface area (Å²) in [6, 6.07) is 0. The van der Waals surface area contributed by atoms with Crippen LogP contribution in [0.15, 0.2) is 0 Å². The molecule has 1 aliphatic heterocycles. The molecule has 86 valence electrons. The molecule has 1 rings (SSSR count). The van der Waals surface area contributed by atoms with Gasteiger partial charge in [0.25, 0.3) is 0 Å². The summed E-state index contributed by atoms with van der Waals surface area (Å²) in [5.41, 5.74) is 3.42. The molecule has 1 fully saturated rings. The smallest absolute Gasteiger partial charge is 0.137 e. The van der Waals surface area contributed by atoms with Gasteiger partial charge in [-0.3, -0.25) is 0 Å². The highest BCUT2D eigenvalue weighted by Crippen LogP contribution is 2.34. The van der Waals surface area contributed by atoms with Gasteiger partial charge in [0.15, 0.2) is 0 Å². The molecule has 1 aliphatic rings. The van der Waals surface area contributed by atoms with E-state index < -0.39 is 8.07 Å². The van der Waals surface area contributed by atoms with E-state index in [1.54, 1.807) is 0 Å². The van der Waals surface area contributed by atoms with Crippen molar-refractivity contribution < 1.29 is 9.47 Å². The summed E-state index contributed by atoms with van der Waals surface area (Å²) in [4.78, 5) is 0. The molecule has 1 heterocycles. The number of rotatable bonds is 3. The van der Waals surface area contributed by atoms with Gasteiger partial charge >= 0.3 is 0 Å². The van der Waals surface area contributed by atoms with E-state index in [1.165, 1.54) is 0 Å². The monoisotopic (exact) mass is 226 g/mol. The molecule has 0 N–H and O–H groups in total. The average molecular weight is 226 g/mol. The van der Waals surface area contributed by atoms with E-state index in [0.29, 0.717) is 24.4 Å². The molecule has 0 aromatic rings. The molecule has 1 saturated heterocycles. The predicted octanol–water partition coefficient (Wildman–Crippen LogP) is 2.45. The second-order valence-electron chi connectivity index (χ2n) is 5.65. The standard InChI is InChI=1S/C12H22O2Si/c1-12(2,3)15(4,5)8-6-7-13-9-11-10-14-11/h11H,7,9-10H2,1-5H3/t11-/m1/s1. The van der Waals surface area contributed by atoms with E-state index in [0.717, 1.165) is 6.61 Å². The molecule has 0 radical (unpaired) electrons. The van der Waals surface area contributed by atoms with Gasteiger partial charge in [-0.2, -0.15) is 0 Å². The van der Waals surface area contributed by atoms with Crippen LogP contribution in [0.5, 0.6) is 0 Å². The van der Waals surface area contributed by atoms with Crippen molar-refractivity contribution in [2.75, 3.05) is 19.8 Å². The fourth-order valence-corrected chi connectivity index (χ4v) is 1.74. The molecule has 15 heavy (non-hydrogen) atoms. The second kappa shape index (κ2) is 4.69. The van der Waals surface area contributed by atoms with Crippen molar-refractivity contribution in [2.24, 2.45) is 0 Å². The minimum atomic E-state index is -1.44. The van der Waals surface area contributed by atoms with Crippen LogP contribution in [0, 0.1) is 11.5 Å². The van der Waals surface area contributed by atoms with Crippen molar-refractivity contribution in [3.05, 3.63) is 0 Å². The minimum absolute atomic E-state index is 0.333. The highest BCUT2D eigenvalue weighted by atomic mass is 28.3. The van der Waals surface area contributed by atoms with Crippen LogP contribution in [0.1, 0.15) is 20.8 Å². The van der Waals surface area contributed by atoms with Crippen LogP contribution in [-0.4, -0.2) is 34.0 Å². The van der Waals surface area contributed by atoms with Crippen LogP contribution in [0.4, 0.5) is 0 Å². The fraction of sp³-hybridized carbons (Fsp3) is 0.833. The molecule has 0 bridgehead atoms. The molecule has 1 atom stereocenters. The van der Waals surface area contributed by atoms with E-state index in [2.05, 4.69) is 45.3 Å². The van der Waals surface area contributed by atoms with Crippen molar-refractivity contribution in [1.29, 1.82) is 0 Å². The Morgan fingerprint density at radius 3 is 2.47 bits per heavy atom. The maximum atomic E-state index is 5.39. The van der Waals surface area contributed by atoms with Crippen molar-refractivity contribution in [2.45, 2.75) is 45.0 Å². The number of ether oxygens (including phenoxy) is 2. The zero-order valence-corrected chi connectivity index (χ0v) is 11.5. The minimum Gasteiger partial charge on any atom is -0.371 e. The molecule has 0 spiro atoms. The van der Waals surface area contributed by atoms with E-state index in [9.17, 15) is 0 Å². The van der Waals surface area contributed by atoms with Gasteiger partial charge in [0.2, 0.25) is 0 Å². The fourth-order valence-electron chi connectivity index (χ4n) is 0.850. The Morgan fingerprint density at radius 1 is 1.40 bits per heavy atom. The van der Waals surface area contributed by atoms with Gasteiger partial charge in [0, 0.05) is 0 Å². The maximum absolute atomic E-state index is 5.39. The first-order chi connectivity index (χ1) is 6.83. The van der Waals surface area contributed by atoms with Crippen molar-refractivity contribution in [1.82, 2.24) is 0 Å². The maximum Gasteiger partial charge on any atom is 0.137 e. The average Bonchev–Trinajstić information content (AvgIpc) is 2.85. The first-order valence-corrected chi connectivity index (χ1v) is 8.52.